The topological polar surface area (TPSA) is 94.0 Å². The highest BCUT2D eigenvalue weighted by molar-refractivity contribution is 6.01. The zero-order valence-corrected chi connectivity index (χ0v) is 26.7. The molecule has 0 spiro atoms. The van der Waals surface area contributed by atoms with Crippen LogP contribution in [0.15, 0.2) is 60.8 Å². The van der Waals surface area contributed by atoms with E-state index in [0.29, 0.717) is 36.0 Å². The number of fused-ring (bicyclic) bond motifs is 1. The van der Waals surface area contributed by atoms with Crippen LogP contribution < -0.4 is 9.64 Å². The maximum absolute atomic E-state index is 13.5. The summed E-state index contributed by atoms with van der Waals surface area (Å²) in [7, 11) is 3.39. The Hall–Kier alpha value is -4.66. The van der Waals surface area contributed by atoms with E-state index in [4.69, 9.17) is 9.47 Å². The maximum atomic E-state index is 13.5. The average Bonchev–Trinajstić information content (AvgIpc) is 3.41. The second-order valence-corrected chi connectivity index (χ2v) is 12.3. The van der Waals surface area contributed by atoms with Gasteiger partial charge in [-0.05, 0) is 80.0 Å². The molecule has 1 aliphatic heterocycles. The molecule has 2 fully saturated rings. The van der Waals surface area contributed by atoms with Gasteiger partial charge in [-0.1, -0.05) is 31.4 Å². The minimum absolute atomic E-state index is 0.0601. The zero-order valence-electron chi connectivity index (χ0n) is 26.7. The fraction of sp³-hybridized carbons (Fsp3) is 0.405. The summed E-state index contributed by atoms with van der Waals surface area (Å²) < 4.78 is 13.3. The summed E-state index contributed by atoms with van der Waals surface area (Å²) in [5.74, 6) is 0.448. The molecule has 2 aliphatic rings. The molecule has 6 rings (SSSR count). The molecule has 0 N–H and O–H groups in total. The fourth-order valence-electron chi connectivity index (χ4n) is 7.09. The van der Waals surface area contributed by atoms with E-state index < -0.39 is 0 Å². The predicted octanol–water partition coefficient (Wildman–Crippen LogP) is 6.63. The van der Waals surface area contributed by atoms with Gasteiger partial charge in [-0.15, -0.1) is 0 Å². The van der Waals surface area contributed by atoms with E-state index in [-0.39, 0.29) is 25.0 Å². The highest BCUT2D eigenvalue weighted by Crippen LogP contribution is 2.46. The smallest absolute Gasteiger partial charge is 0.337 e. The van der Waals surface area contributed by atoms with E-state index in [9.17, 15) is 14.4 Å². The van der Waals surface area contributed by atoms with Gasteiger partial charge in [0.25, 0.3) is 0 Å². The molecule has 0 atom stereocenters. The Morgan fingerprint density at radius 3 is 2.48 bits per heavy atom. The monoisotopic (exact) mass is 622 g/mol. The molecule has 9 heteroatoms. The van der Waals surface area contributed by atoms with Crippen LogP contribution in [-0.4, -0.2) is 59.5 Å². The highest BCUT2D eigenvalue weighted by Gasteiger charge is 2.29. The number of carbonyl (C=O) groups is 3. The maximum Gasteiger partial charge on any atom is 0.337 e. The van der Waals surface area contributed by atoms with E-state index in [1.807, 2.05) is 66.5 Å². The molecule has 0 radical (unpaired) electrons. The van der Waals surface area contributed by atoms with E-state index in [1.54, 1.807) is 6.20 Å². The Morgan fingerprint density at radius 1 is 0.978 bits per heavy atom. The summed E-state index contributed by atoms with van der Waals surface area (Å²) in [6.07, 6.45) is 11.2. The zero-order chi connectivity index (χ0) is 32.0. The number of esters is 1. The number of hydrogen-bond donors (Lipinski definition) is 0. The van der Waals surface area contributed by atoms with Gasteiger partial charge in [0, 0.05) is 48.9 Å². The molecule has 4 aromatic rings. The molecule has 3 heterocycles. The molecule has 46 heavy (non-hydrogen) atoms. The first-order chi connectivity index (χ1) is 22.5. The van der Waals surface area contributed by atoms with Crippen LogP contribution in [0.2, 0.25) is 0 Å². The molecule has 1 saturated carbocycles. The average molecular weight is 623 g/mol. The van der Waals surface area contributed by atoms with Crippen LogP contribution >= 0.6 is 0 Å². The molecule has 2 amide bonds. The van der Waals surface area contributed by atoms with E-state index in [1.165, 1.54) is 24.0 Å². The van der Waals surface area contributed by atoms with Crippen molar-refractivity contribution in [3.05, 3.63) is 77.6 Å². The summed E-state index contributed by atoms with van der Waals surface area (Å²) in [6, 6.07) is 17.2. The first kappa shape index (κ1) is 31.3. The van der Waals surface area contributed by atoms with Gasteiger partial charge in [-0.25, -0.2) is 4.79 Å². The van der Waals surface area contributed by atoms with Crippen molar-refractivity contribution in [2.75, 3.05) is 31.6 Å². The number of carbonyl (C=O) groups excluding carboxylic acids is 3. The Morgan fingerprint density at radius 2 is 1.76 bits per heavy atom. The lowest BCUT2D eigenvalue weighted by atomic mass is 9.81. The van der Waals surface area contributed by atoms with Crippen molar-refractivity contribution in [3.8, 4) is 17.0 Å². The van der Waals surface area contributed by atoms with E-state index in [2.05, 4.69) is 9.55 Å². The van der Waals surface area contributed by atoms with Crippen LogP contribution in [0.4, 0.5) is 5.69 Å². The number of ether oxygens (including phenoxy) is 2. The summed E-state index contributed by atoms with van der Waals surface area (Å²) >= 11 is 0. The Balaban J connectivity index is 1.48. The highest BCUT2D eigenvalue weighted by atomic mass is 16.5. The van der Waals surface area contributed by atoms with Crippen molar-refractivity contribution < 1.29 is 23.9 Å². The molecule has 240 valence electrons. The number of aryl methyl sites for hydroxylation is 1. The molecular weight excluding hydrogens is 580 g/mol. The minimum atomic E-state index is -0.387. The second-order valence-electron chi connectivity index (χ2n) is 12.3. The third-order valence-electron chi connectivity index (χ3n) is 9.46. The molecule has 2 aromatic heterocycles. The lowest BCUT2D eigenvalue weighted by molar-refractivity contribution is -0.131. The van der Waals surface area contributed by atoms with Crippen molar-refractivity contribution in [2.24, 2.45) is 7.05 Å². The SMILES string of the molecule is COC(=O)c1ccc2c(C3CCCCC3)c(-c3ccc(OCc4ccccn4)cc3N(C=O)CC(=O)N3CCCCC3)n(C)c2c1. The number of anilines is 1. The molecular formula is C37H42N4O5. The molecule has 1 aliphatic carbocycles. The predicted molar refractivity (Wildman–Crippen MR) is 178 cm³/mol. The number of hydrogen-bond acceptors (Lipinski definition) is 6. The number of methoxy groups -OCH3 is 1. The summed E-state index contributed by atoms with van der Waals surface area (Å²) in [5, 5.41) is 1.08. The fourth-order valence-corrected chi connectivity index (χ4v) is 7.09. The van der Waals surface area contributed by atoms with Crippen LogP contribution in [0.1, 0.15) is 78.9 Å². The number of rotatable bonds is 10. The van der Waals surface area contributed by atoms with Gasteiger partial charge in [0.05, 0.1) is 29.7 Å². The van der Waals surface area contributed by atoms with Crippen molar-refractivity contribution in [3.63, 3.8) is 0 Å². The summed E-state index contributed by atoms with van der Waals surface area (Å²) in [5.41, 5.74) is 5.82. The first-order valence-corrected chi connectivity index (χ1v) is 16.4. The van der Waals surface area contributed by atoms with Gasteiger partial charge in [-0.3, -0.25) is 14.6 Å². The molecule has 0 bridgehead atoms. The van der Waals surface area contributed by atoms with Gasteiger partial charge in [0.1, 0.15) is 18.9 Å². The minimum Gasteiger partial charge on any atom is -0.487 e. The molecule has 0 unspecified atom stereocenters. The standard InChI is InChI=1S/C37H42N4O5/c1-39-32-21-27(37(44)45-2)14-16-30(32)35(26-11-5-3-6-12-26)36(39)31-17-15-29(46-24-28-13-7-8-18-38-28)22-33(31)41(25-42)23-34(43)40-19-9-4-10-20-40/h7-8,13-18,21-22,25-26H,3-6,9-12,19-20,23-24H2,1-2H3. The number of aromatic nitrogens is 2. The van der Waals surface area contributed by atoms with Crippen molar-refractivity contribution in [1.82, 2.24) is 14.5 Å². The van der Waals surface area contributed by atoms with E-state index >= 15 is 0 Å². The third kappa shape index (κ3) is 6.50. The van der Waals surface area contributed by atoms with Crippen LogP contribution in [0.25, 0.3) is 22.2 Å². The van der Waals surface area contributed by atoms with Gasteiger partial charge in [-0.2, -0.15) is 0 Å². The van der Waals surface area contributed by atoms with Crippen molar-refractivity contribution in [1.29, 1.82) is 0 Å². The second kappa shape index (κ2) is 14.2. The lowest BCUT2D eigenvalue weighted by Crippen LogP contribution is -2.42. The largest absolute Gasteiger partial charge is 0.487 e. The Bertz CT molecular complexity index is 1700. The van der Waals surface area contributed by atoms with Crippen molar-refractivity contribution >= 4 is 34.9 Å². The third-order valence-corrected chi connectivity index (χ3v) is 9.46. The number of pyridine rings is 1. The van der Waals surface area contributed by atoms with Crippen LogP contribution in [-0.2, 0) is 28.0 Å². The van der Waals surface area contributed by atoms with Gasteiger partial charge >= 0.3 is 5.97 Å². The van der Waals surface area contributed by atoms with Crippen LogP contribution in [0.3, 0.4) is 0 Å². The number of piperidine rings is 1. The van der Waals surface area contributed by atoms with Crippen LogP contribution in [0, 0.1) is 0 Å². The molecule has 1 saturated heterocycles. The lowest BCUT2D eigenvalue weighted by Gasteiger charge is -2.30. The number of likely N-dealkylation sites (tertiary alicyclic amines) is 1. The summed E-state index contributed by atoms with van der Waals surface area (Å²) in [4.78, 5) is 46.6. The van der Waals surface area contributed by atoms with Gasteiger partial charge < -0.3 is 23.8 Å². The van der Waals surface area contributed by atoms with Crippen molar-refractivity contribution in [2.45, 2.75) is 63.9 Å². The van der Waals surface area contributed by atoms with Gasteiger partial charge in [0.15, 0.2) is 0 Å². The molecule has 2 aromatic carbocycles. The number of benzene rings is 2. The molecule has 9 nitrogen and oxygen atoms in total. The normalized spacial score (nSPS) is 15.5. The number of amides is 2. The van der Waals surface area contributed by atoms with E-state index in [0.717, 1.165) is 79.2 Å². The summed E-state index contributed by atoms with van der Waals surface area (Å²) in [6.45, 7) is 1.63. The van der Waals surface area contributed by atoms with Gasteiger partial charge in [0.2, 0.25) is 12.3 Å². The van der Waals surface area contributed by atoms with Crippen LogP contribution in [0.5, 0.6) is 5.75 Å². The Labute approximate surface area is 270 Å². The Kier molecular flexibility index (Phi) is 9.66. The quantitative estimate of drug-likeness (QED) is 0.146. The first-order valence-electron chi connectivity index (χ1n) is 16.4. The number of nitrogens with zero attached hydrogens (tertiary/aromatic N) is 4.